The maximum atomic E-state index is 12.5. The second kappa shape index (κ2) is 6.06. The number of aliphatic hydroxyl groups excluding tert-OH is 1. The van der Waals surface area contributed by atoms with Gasteiger partial charge in [0.2, 0.25) is 0 Å². The van der Waals surface area contributed by atoms with Gasteiger partial charge >= 0.3 is 0 Å². The fraction of sp³-hybridized carbons (Fsp3) is 0.500. The SMILES string of the molecule is CC1(C)CCN(C(=O)c2ncccc2C#CCO)CC1. The van der Waals surface area contributed by atoms with Crippen LogP contribution in [0.2, 0.25) is 0 Å². The Balaban J connectivity index is 2.18. The van der Waals surface area contributed by atoms with Gasteiger partial charge in [0.05, 0.1) is 5.56 Å². The highest BCUT2D eigenvalue weighted by Gasteiger charge is 2.29. The van der Waals surface area contributed by atoms with Gasteiger partial charge in [-0.2, -0.15) is 0 Å². The van der Waals surface area contributed by atoms with Crippen LogP contribution in [-0.2, 0) is 0 Å². The van der Waals surface area contributed by atoms with Crippen molar-refractivity contribution in [1.29, 1.82) is 0 Å². The quantitative estimate of drug-likeness (QED) is 0.792. The molecule has 0 saturated carbocycles. The summed E-state index contributed by atoms with van der Waals surface area (Å²) in [5, 5.41) is 8.77. The van der Waals surface area contributed by atoms with Crippen LogP contribution in [-0.4, -0.2) is 40.6 Å². The predicted molar refractivity (Wildman–Crippen MR) is 77.1 cm³/mol. The number of pyridine rings is 1. The fourth-order valence-electron chi connectivity index (χ4n) is 2.28. The van der Waals surface area contributed by atoms with E-state index in [0.717, 1.165) is 25.9 Å². The number of likely N-dealkylation sites (tertiary alicyclic amines) is 1. The second-order valence-corrected chi connectivity index (χ2v) is 5.82. The molecule has 20 heavy (non-hydrogen) atoms. The molecule has 1 aliphatic heterocycles. The van der Waals surface area contributed by atoms with E-state index in [9.17, 15) is 4.79 Å². The first-order valence-corrected chi connectivity index (χ1v) is 6.87. The zero-order chi connectivity index (χ0) is 14.6. The van der Waals surface area contributed by atoms with E-state index >= 15 is 0 Å². The lowest BCUT2D eigenvalue weighted by Crippen LogP contribution is -2.41. The van der Waals surface area contributed by atoms with Crippen LogP contribution in [0.15, 0.2) is 18.3 Å². The molecular formula is C16H20N2O2. The van der Waals surface area contributed by atoms with Crippen molar-refractivity contribution in [3.63, 3.8) is 0 Å². The molecule has 0 aromatic carbocycles. The third-order valence-corrected chi connectivity index (χ3v) is 3.72. The number of amides is 1. The predicted octanol–water partition coefficient (Wildman–Crippen LogP) is 1.69. The molecule has 1 fully saturated rings. The highest BCUT2D eigenvalue weighted by molar-refractivity contribution is 5.94. The number of piperidine rings is 1. The summed E-state index contributed by atoms with van der Waals surface area (Å²) in [7, 11) is 0. The summed E-state index contributed by atoms with van der Waals surface area (Å²) >= 11 is 0. The molecule has 4 nitrogen and oxygen atoms in total. The monoisotopic (exact) mass is 272 g/mol. The van der Waals surface area contributed by atoms with E-state index in [1.165, 1.54) is 0 Å². The number of aliphatic hydroxyl groups is 1. The lowest BCUT2D eigenvalue weighted by Gasteiger charge is -2.36. The highest BCUT2D eigenvalue weighted by Crippen LogP contribution is 2.30. The summed E-state index contributed by atoms with van der Waals surface area (Å²) in [5.74, 6) is 5.29. The Labute approximate surface area is 119 Å². The lowest BCUT2D eigenvalue weighted by molar-refractivity contribution is 0.0624. The summed E-state index contributed by atoms with van der Waals surface area (Å²) in [6.45, 7) is 5.76. The van der Waals surface area contributed by atoms with Gasteiger partial charge in [0.1, 0.15) is 12.3 Å². The maximum Gasteiger partial charge on any atom is 0.273 e. The first-order valence-electron chi connectivity index (χ1n) is 6.87. The van der Waals surface area contributed by atoms with Gasteiger partial charge in [0.15, 0.2) is 0 Å². The minimum absolute atomic E-state index is 0.0664. The van der Waals surface area contributed by atoms with Crippen molar-refractivity contribution >= 4 is 5.91 Å². The van der Waals surface area contributed by atoms with Gasteiger partial charge < -0.3 is 10.0 Å². The molecule has 1 amide bonds. The largest absolute Gasteiger partial charge is 0.384 e. The van der Waals surface area contributed by atoms with Crippen LogP contribution < -0.4 is 0 Å². The fourth-order valence-corrected chi connectivity index (χ4v) is 2.28. The first kappa shape index (κ1) is 14.5. The Hall–Kier alpha value is -1.86. The summed E-state index contributed by atoms with van der Waals surface area (Å²) in [5.41, 5.74) is 1.27. The molecule has 1 aliphatic rings. The van der Waals surface area contributed by atoms with Crippen LogP contribution in [0.4, 0.5) is 0 Å². The minimum atomic E-state index is -0.222. The van der Waals surface area contributed by atoms with Gasteiger partial charge in [-0.05, 0) is 30.4 Å². The van der Waals surface area contributed by atoms with Crippen molar-refractivity contribution in [2.45, 2.75) is 26.7 Å². The van der Waals surface area contributed by atoms with Crippen molar-refractivity contribution in [2.24, 2.45) is 5.41 Å². The smallest absolute Gasteiger partial charge is 0.273 e. The molecule has 2 heterocycles. The number of hydrogen-bond acceptors (Lipinski definition) is 3. The average molecular weight is 272 g/mol. The van der Waals surface area contributed by atoms with Gasteiger partial charge in [-0.1, -0.05) is 25.7 Å². The van der Waals surface area contributed by atoms with Crippen LogP contribution in [0.5, 0.6) is 0 Å². The van der Waals surface area contributed by atoms with E-state index in [1.54, 1.807) is 18.3 Å². The van der Waals surface area contributed by atoms with E-state index < -0.39 is 0 Å². The van der Waals surface area contributed by atoms with Crippen LogP contribution in [0.1, 0.15) is 42.7 Å². The summed E-state index contributed by atoms with van der Waals surface area (Å²) in [6, 6.07) is 3.51. The molecule has 4 heteroatoms. The molecule has 0 spiro atoms. The third kappa shape index (κ3) is 3.37. The average Bonchev–Trinajstić information content (AvgIpc) is 2.45. The number of carbonyl (C=O) groups excluding carboxylic acids is 1. The van der Waals surface area contributed by atoms with Gasteiger partial charge in [0, 0.05) is 19.3 Å². The maximum absolute atomic E-state index is 12.5. The molecule has 0 atom stereocenters. The topological polar surface area (TPSA) is 53.4 Å². The first-order chi connectivity index (χ1) is 9.53. The number of nitrogens with zero attached hydrogens (tertiary/aromatic N) is 2. The number of hydrogen-bond donors (Lipinski definition) is 1. The van der Waals surface area contributed by atoms with Crippen molar-refractivity contribution in [2.75, 3.05) is 19.7 Å². The Bertz CT molecular complexity index is 545. The number of rotatable bonds is 1. The molecule has 106 valence electrons. The van der Waals surface area contributed by atoms with Crippen molar-refractivity contribution in [3.8, 4) is 11.8 Å². The van der Waals surface area contributed by atoms with Gasteiger partial charge in [-0.3, -0.25) is 4.79 Å². The van der Waals surface area contributed by atoms with Crippen molar-refractivity contribution < 1.29 is 9.90 Å². The normalized spacial score (nSPS) is 17.2. The van der Waals surface area contributed by atoms with Crippen molar-refractivity contribution in [3.05, 3.63) is 29.6 Å². The van der Waals surface area contributed by atoms with E-state index in [4.69, 9.17) is 5.11 Å². The van der Waals surface area contributed by atoms with E-state index in [1.807, 2.05) is 4.90 Å². The van der Waals surface area contributed by atoms with E-state index in [0.29, 0.717) is 16.7 Å². The van der Waals surface area contributed by atoms with Crippen LogP contribution in [0.25, 0.3) is 0 Å². The van der Waals surface area contributed by atoms with Crippen LogP contribution in [0, 0.1) is 17.3 Å². The van der Waals surface area contributed by atoms with Crippen molar-refractivity contribution in [1.82, 2.24) is 9.88 Å². The van der Waals surface area contributed by atoms with E-state index in [2.05, 4.69) is 30.7 Å². The molecule has 0 radical (unpaired) electrons. The molecule has 1 aromatic rings. The summed E-state index contributed by atoms with van der Waals surface area (Å²) in [4.78, 5) is 18.5. The van der Waals surface area contributed by atoms with Crippen LogP contribution in [0.3, 0.4) is 0 Å². The molecule has 1 N–H and O–H groups in total. The molecule has 2 rings (SSSR count). The molecule has 1 saturated heterocycles. The Morgan fingerprint density at radius 3 is 2.80 bits per heavy atom. The molecular weight excluding hydrogens is 252 g/mol. The molecule has 0 bridgehead atoms. The molecule has 1 aromatic heterocycles. The Morgan fingerprint density at radius 2 is 2.15 bits per heavy atom. The second-order valence-electron chi connectivity index (χ2n) is 5.82. The van der Waals surface area contributed by atoms with Crippen LogP contribution >= 0.6 is 0 Å². The zero-order valence-corrected chi connectivity index (χ0v) is 12.0. The summed E-state index contributed by atoms with van der Waals surface area (Å²) in [6.07, 6.45) is 3.61. The Morgan fingerprint density at radius 1 is 1.45 bits per heavy atom. The number of aromatic nitrogens is 1. The van der Waals surface area contributed by atoms with Gasteiger partial charge in [-0.25, -0.2) is 4.98 Å². The number of carbonyl (C=O) groups is 1. The van der Waals surface area contributed by atoms with Gasteiger partial charge in [0.25, 0.3) is 5.91 Å². The van der Waals surface area contributed by atoms with E-state index in [-0.39, 0.29) is 12.5 Å². The third-order valence-electron chi connectivity index (χ3n) is 3.72. The standard InChI is InChI=1S/C16H20N2O2/c1-16(2)7-10-18(11-8-16)15(20)14-13(6-4-12-19)5-3-9-17-14/h3,5,9,19H,7-8,10-12H2,1-2H3. The van der Waals surface area contributed by atoms with Gasteiger partial charge in [-0.15, -0.1) is 0 Å². The lowest BCUT2D eigenvalue weighted by atomic mass is 9.82. The molecule has 0 unspecified atom stereocenters. The molecule has 0 aliphatic carbocycles. The Kier molecular flexibility index (Phi) is 4.41. The zero-order valence-electron chi connectivity index (χ0n) is 12.0. The summed E-state index contributed by atoms with van der Waals surface area (Å²) < 4.78 is 0. The minimum Gasteiger partial charge on any atom is -0.384 e. The highest BCUT2D eigenvalue weighted by atomic mass is 16.2.